The number of rotatable bonds is 6. The highest BCUT2D eigenvalue weighted by atomic mass is 127. The van der Waals surface area contributed by atoms with Gasteiger partial charge in [-0.15, -0.1) is 0 Å². The molecule has 3 N–H and O–H groups in total. The average molecular weight is 651 g/mol. The molecular formula is C15H12I3NO4. The molecular weight excluding hydrogens is 639 g/mol. The van der Waals surface area contributed by atoms with E-state index in [0.29, 0.717) is 12.2 Å². The van der Waals surface area contributed by atoms with Gasteiger partial charge >= 0.3 is 0 Å². The van der Waals surface area contributed by atoms with E-state index in [1.54, 1.807) is 18.2 Å². The molecule has 2 aromatic rings. The maximum atomic E-state index is 9.57. The van der Waals surface area contributed by atoms with Crippen LogP contribution in [-0.4, -0.2) is 22.7 Å². The van der Waals surface area contributed by atoms with Gasteiger partial charge in [0.15, 0.2) is 5.75 Å². The predicted molar refractivity (Wildman–Crippen MR) is 113 cm³/mol. The first-order valence-electron chi connectivity index (χ1n) is 6.39. The van der Waals surface area contributed by atoms with Crippen molar-refractivity contribution < 1.29 is 20.0 Å². The summed E-state index contributed by atoms with van der Waals surface area (Å²) in [6.07, 6.45) is 0.804. The fourth-order valence-electron chi connectivity index (χ4n) is 1.86. The maximum absolute atomic E-state index is 9.57. The number of hydrogen-bond donors (Lipinski definition) is 3. The van der Waals surface area contributed by atoms with Gasteiger partial charge < -0.3 is 15.3 Å². The van der Waals surface area contributed by atoms with Crippen molar-refractivity contribution in [3.63, 3.8) is 0 Å². The molecule has 23 heavy (non-hydrogen) atoms. The minimum Gasteiger partial charge on any atom is -0.507 e. The summed E-state index contributed by atoms with van der Waals surface area (Å²) in [6.45, 7) is 0. The summed E-state index contributed by atoms with van der Waals surface area (Å²) in [5, 5.41) is 25.5. The number of phenols is 1. The molecule has 5 nitrogen and oxygen atoms in total. The summed E-state index contributed by atoms with van der Waals surface area (Å²) < 4.78 is 8.47. The molecule has 1 atom stereocenters. The van der Waals surface area contributed by atoms with Crippen molar-refractivity contribution in [3.8, 4) is 17.2 Å². The molecule has 0 amide bonds. The molecule has 0 aliphatic heterocycles. The molecule has 0 aliphatic rings. The number of hydrogen-bond acceptors (Lipinski definition) is 5. The highest BCUT2D eigenvalue weighted by molar-refractivity contribution is 14.1. The summed E-state index contributed by atoms with van der Waals surface area (Å²) in [4.78, 5) is 4.23. The van der Waals surface area contributed by atoms with Crippen molar-refractivity contribution in [2.75, 3.05) is 0 Å². The summed E-state index contributed by atoms with van der Waals surface area (Å²) in [5.74, 6) is 1.60. The quantitative estimate of drug-likeness (QED) is 0.177. The van der Waals surface area contributed by atoms with E-state index in [4.69, 9.17) is 15.4 Å². The zero-order chi connectivity index (χ0) is 17.0. The summed E-state index contributed by atoms with van der Waals surface area (Å²) in [5.41, 5.74) is 0.939. The molecule has 2 aromatic carbocycles. The van der Waals surface area contributed by atoms with E-state index in [0.717, 1.165) is 28.2 Å². The first kappa shape index (κ1) is 19.1. The fourth-order valence-corrected chi connectivity index (χ4v) is 4.46. The molecule has 0 heterocycles. The molecule has 0 spiro atoms. The highest BCUT2D eigenvalue weighted by Crippen LogP contribution is 2.35. The van der Waals surface area contributed by atoms with Gasteiger partial charge in [0.1, 0.15) is 17.6 Å². The molecule has 8 heteroatoms. The van der Waals surface area contributed by atoms with Crippen LogP contribution in [0.15, 0.2) is 30.3 Å². The van der Waals surface area contributed by atoms with Gasteiger partial charge in [-0.25, -0.2) is 4.89 Å². The third kappa shape index (κ3) is 5.14. The second-order valence-electron chi connectivity index (χ2n) is 4.62. The number of benzene rings is 2. The Morgan fingerprint density at radius 2 is 1.74 bits per heavy atom. The minimum atomic E-state index is -0.660. The van der Waals surface area contributed by atoms with Crippen LogP contribution in [0.5, 0.6) is 17.2 Å². The lowest BCUT2D eigenvalue weighted by Gasteiger charge is -2.14. The lowest BCUT2D eigenvalue weighted by molar-refractivity contribution is -0.258. The third-order valence-electron chi connectivity index (χ3n) is 2.96. The predicted octanol–water partition coefficient (Wildman–Crippen LogP) is 5.05. The van der Waals surface area contributed by atoms with Crippen LogP contribution in [0.25, 0.3) is 0 Å². The van der Waals surface area contributed by atoms with Crippen molar-refractivity contribution in [2.24, 2.45) is 0 Å². The van der Waals surface area contributed by atoms with Gasteiger partial charge in [0.25, 0.3) is 0 Å². The Hall–Kier alpha value is -0.180. The van der Waals surface area contributed by atoms with Crippen LogP contribution >= 0.6 is 67.8 Å². The zero-order valence-electron chi connectivity index (χ0n) is 11.6. The lowest BCUT2D eigenvalue weighted by atomic mass is 10.1. The average Bonchev–Trinajstić information content (AvgIpc) is 2.52. The van der Waals surface area contributed by atoms with Crippen molar-refractivity contribution in [2.45, 2.75) is 12.5 Å². The van der Waals surface area contributed by atoms with Gasteiger partial charge in [0, 0.05) is 12.6 Å². The van der Waals surface area contributed by atoms with E-state index in [1.807, 2.05) is 34.7 Å². The second kappa shape index (κ2) is 8.78. The van der Waals surface area contributed by atoms with Gasteiger partial charge in [-0.05, 0) is 104 Å². The summed E-state index contributed by atoms with van der Waals surface area (Å²) in [6, 6.07) is 8.93. The Labute approximate surface area is 174 Å². The normalized spacial score (nSPS) is 12.0. The Morgan fingerprint density at radius 3 is 2.26 bits per heavy atom. The van der Waals surface area contributed by atoms with E-state index in [-0.39, 0.29) is 5.75 Å². The van der Waals surface area contributed by atoms with Gasteiger partial charge in [0.05, 0.1) is 10.7 Å². The number of halogens is 3. The minimum absolute atomic E-state index is 0.222. The number of nitrogens with one attached hydrogen (secondary N) is 1. The molecule has 122 valence electrons. The van der Waals surface area contributed by atoms with Gasteiger partial charge in [-0.3, -0.25) is 5.26 Å². The standard InChI is InChI=1S/C15H12I3NO4/c16-11-6-9(1-2-14(11)20)22-15-12(17)4-8(5-13(15)18)3-10(7-19)23-21/h1-2,4-7,10,19-21H,3H2. The zero-order valence-corrected chi connectivity index (χ0v) is 18.1. The Balaban J connectivity index is 2.26. The molecule has 0 fully saturated rings. The second-order valence-corrected chi connectivity index (χ2v) is 8.11. The fraction of sp³-hybridized carbons (Fsp3) is 0.133. The van der Waals surface area contributed by atoms with E-state index < -0.39 is 6.10 Å². The van der Waals surface area contributed by atoms with E-state index in [2.05, 4.69) is 50.1 Å². The van der Waals surface area contributed by atoms with Gasteiger partial charge in [-0.1, -0.05) is 0 Å². The van der Waals surface area contributed by atoms with Crippen LogP contribution in [-0.2, 0) is 11.3 Å². The smallest absolute Gasteiger partial charge is 0.154 e. The van der Waals surface area contributed by atoms with E-state index >= 15 is 0 Å². The number of ether oxygens (including phenoxy) is 1. The first-order chi connectivity index (χ1) is 10.9. The molecule has 0 saturated carbocycles. The van der Waals surface area contributed by atoms with Gasteiger partial charge in [0.2, 0.25) is 0 Å². The Bertz CT molecular complexity index is 701. The monoisotopic (exact) mass is 651 g/mol. The van der Waals surface area contributed by atoms with Gasteiger partial charge in [-0.2, -0.15) is 0 Å². The molecule has 0 saturated heterocycles. The van der Waals surface area contributed by atoms with E-state index in [1.165, 1.54) is 0 Å². The van der Waals surface area contributed by atoms with Crippen LogP contribution in [0.3, 0.4) is 0 Å². The SMILES string of the molecule is N=CC(Cc1cc(I)c(Oc2ccc(O)c(I)c2)c(I)c1)OO. The number of aromatic hydroxyl groups is 1. The molecule has 0 bridgehead atoms. The van der Waals surface area contributed by atoms with Crippen molar-refractivity contribution in [1.82, 2.24) is 0 Å². The highest BCUT2D eigenvalue weighted by Gasteiger charge is 2.14. The molecule has 0 aromatic heterocycles. The van der Waals surface area contributed by atoms with Crippen LogP contribution in [0.2, 0.25) is 0 Å². The Morgan fingerprint density at radius 1 is 1.09 bits per heavy atom. The van der Waals surface area contributed by atoms with Crippen LogP contribution in [0.1, 0.15) is 5.56 Å². The van der Waals surface area contributed by atoms with Crippen LogP contribution in [0, 0.1) is 16.1 Å². The lowest BCUT2D eigenvalue weighted by Crippen LogP contribution is -2.15. The van der Waals surface area contributed by atoms with Crippen molar-refractivity contribution >= 4 is 74.0 Å². The Kier molecular flexibility index (Phi) is 7.31. The van der Waals surface area contributed by atoms with Crippen molar-refractivity contribution in [1.29, 1.82) is 5.41 Å². The molecule has 2 rings (SSSR count). The summed E-state index contributed by atoms with van der Waals surface area (Å²) in [7, 11) is 0. The van der Waals surface area contributed by atoms with Crippen LogP contribution < -0.4 is 4.74 Å². The summed E-state index contributed by atoms with van der Waals surface area (Å²) >= 11 is 6.41. The van der Waals surface area contributed by atoms with Crippen molar-refractivity contribution in [3.05, 3.63) is 46.6 Å². The topological polar surface area (TPSA) is 82.8 Å². The maximum Gasteiger partial charge on any atom is 0.154 e. The van der Waals surface area contributed by atoms with Crippen LogP contribution in [0.4, 0.5) is 0 Å². The largest absolute Gasteiger partial charge is 0.507 e. The molecule has 0 aliphatic carbocycles. The molecule has 0 radical (unpaired) electrons. The first-order valence-corrected chi connectivity index (χ1v) is 9.63. The third-order valence-corrected chi connectivity index (χ3v) is 5.42. The van der Waals surface area contributed by atoms with E-state index in [9.17, 15) is 5.11 Å². The molecule has 1 unspecified atom stereocenters. The number of phenolic OH excluding ortho intramolecular Hbond substituents is 1.